The summed E-state index contributed by atoms with van der Waals surface area (Å²) in [5, 5.41) is 12.2. The molecule has 0 bridgehead atoms. The third kappa shape index (κ3) is 3.08. The van der Waals surface area contributed by atoms with E-state index in [1.165, 1.54) is 12.6 Å². The number of nitrogens with zero attached hydrogens (tertiary/aromatic N) is 2. The number of hydrogen-bond acceptors (Lipinski definition) is 5. The number of pyridine rings is 1. The van der Waals surface area contributed by atoms with Crippen LogP contribution in [0.3, 0.4) is 0 Å². The summed E-state index contributed by atoms with van der Waals surface area (Å²) in [5.74, 6) is 0.413. The molecule has 1 aromatic heterocycles. The van der Waals surface area contributed by atoms with Crippen molar-refractivity contribution < 1.29 is 4.74 Å². The van der Waals surface area contributed by atoms with Gasteiger partial charge in [-0.05, 0) is 19.3 Å². The molecule has 17 heavy (non-hydrogen) atoms. The summed E-state index contributed by atoms with van der Waals surface area (Å²) in [6.07, 6.45) is 5.12. The third-order valence-electron chi connectivity index (χ3n) is 2.84. The first-order valence-electron chi connectivity index (χ1n) is 5.80. The van der Waals surface area contributed by atoms with Crippen LogP contribution in [-0.4, -0.2) is 24.2 Å². The zero-order valence-corrected chi connectivity index (χ0v) is 9.65. The second kappa shape index (κ2) is 5.51. The van der Waals surface area contributed by atoms with E-state index in [-0.39, 0.29) is 6.10 Å². The molecule has 3 N–H and O–H groups in total. The van der Waals surface area contributed by atoms with Gasteiger partial charge >= 0.3 is 0 Å². The molecule has 1 saturated heterocycles. The van der Waals surface area contributed by atoms with Gasteiger partial charge in [0.15, 0.2) is 0 Å². The summed E-state index contributed by atoms with van der Waals surface area (Å²) in [5.41, 5.74) is 6.84. The Morgan fingerprint density at radius 2 is 2.47 bits per heavy atom. The van der Waals surface area contributed by atoms with Crippen LogP contribution in [0, 0.1) is 11.3 Å². The van der Waals surface area contributed by atoms with Crippen molar-refractivity contribution in [3.63, 3.8) is 0 Å². The highest BCUT2D eigenvalue weighted by Gasteiger charge is 2.14. The fourth-order valence-electron chi connectivity index (χ4n) is 1.90. The van der Waals surface area contributed by atoms with Crippen LogP contribution in [0.25, 0.3) is 0 Å². The number of anilines is 2. The van der Waals surface area contributed by atoms with E-state index in [4.69, 9.17) is 15.7 Å². The van der Waals surface area contributed by atoms with Crippen molar-refractivity contribution in [1.82, 2.24) is 4.98 Å². The van der Waals surface area contributed by atoms with Gasteiger partial charge in [0.25, 0.3) is 0 Å². The average Bonchev–Trinajstić information content (AvgIpc) is 2.38. The van der Waals surface area contributed by atoms with Crippen LogP contribution >= 0.6 is 0 Å². The van der Waals surface area contributed by atoms with Gasteiger partial charge in [-0.15, -0.1) is 0 Å². The second-order valence-corrected chi connectivity index (χ2v) is 4.14. The molecule has 1 aliphatic rings. The lowest BCUT2D eigenvalue weighted by atomic mass is 10.1. The molecule has 5 heteroatoms. The Morgan fingerprint density at radius 3 is 3.18 bits per heavy atom. The molecule has 0 radical (unpaired) electrons. The van der Waals surface area contributed by atoms with E-state index in [1.54, 1.807) is 6.07 Å². The molecule has 5 nitrogen and oxygen atoms in total. The normalized spacial score (nSPS) is 19.6. The van der Waals surface area contributed by atoms with Gasteiger partial charge in [0.05, 0.1) is 17.4 Å². The second-order valence-electron chi connectivity index (χ2n) is 4.14. The highest BCUT2D eigenvalue weighted by molar-refractivity contribution is 5.60. The minimum atomic E-state index is 0.227. The Balaban J connectivity index is 1.98. The number of ether oxygens (including phenoxy) is 1. The van der Waals surface area contributed by atoms with Crippen molar-refractivity contribution in [3.8, 4) is 6.07 Å². The van der Waals surface area contributed by atoms with Crippen LogP contribution in [0.5, 0.6) is 0 Å². The summed E-state index contributed by atoms with van der Waals surface area (Å²) in [4.78, 5) is 3.89. The summed E-state index contributed by atoms with van der Waals surface area (Å²) in [6, 6.07) is 3.77. The Morgan fingerprint density at radius 1 is 1.59 bits per heavy atom. The first kappa shape index (κ1) is 11.7. The van der Waals surface area contributed by atoms with E-state index in [2.05, 4.69) is 16.4 Å². The molecule has 1 unspecified atom stereocenters. The summed E-state index contributed by atoms with van der Waals surface area (Å²) < 4.78 is 5.61. The van der Waals surface area contributed by atoms with Gasteiger partial charge in [0.2, 0.25) is 0 Å². The van der Waals surface area contributed by atoms with E-state index >= 15 is 0 Å². The number of hydrogen-bond donors (Lipinski definition) is 2. The highest BCUT2D eigenvalue weighted by Crippen LogP contribution is 2.18. The number of nitrogens with one attached hydrogen (secondary N) is 1. The van der Waals surface area contributed by atoms with Crippen molar-refractivity contribution in [3.05, 3.63) is 17.8 Å². The minimum absolute atomic E-state index is 0.227. The number of rotatable bonds is 3. The Kier molecular flexibility index (Phi) is 3.78. The van der Waals surface area contributed by atoms with Crippen LogP contribution in [0.1, 0.15) is 24.8 Å². The van der Waals surface area contributed by atoms with Crippen molar-refractivity contribution >= 4 is 11.5 Å². The van der Waals surface area contributed by atoms with E-state index in [1.807, 2.05) is 0 Å². The highest BCUT2D eigenvalue weighted by atomic mass is 16.5. The molecule has 90 valence electrons. The van der Waals surface area contributed by atoms with Crippen LogP contribution in [0.4, 0.5) is 11.5 Å². The molecule has 2 heterocycles. The minimum Gasteiger partial charge on any atom is -0.384 e. The van der Waals surface area contributed by atoms with Gasteiger partial charge < -0.3 is 15.8 Å². The molecule has 0 aromatic carbocycles. The maximum Gasteiger partial charge on any atom is 0.125 e. The fraction of sp³-hybridized carbons (Fsp3) is 0.500. The number of nitriles is 1. The third-order valence-corrected chi connectivity index (χ3v) is 2.84. The smallest absolute Gasteiger partial charge is 0.125 e. The van der Waals surface area contributed by atoms with Crippen LogP contribution in [0.2, 0.25) is 0 Å². The first-order valence-corrected chi connectivity index (χ1v) is 5.80. The Hall–Kier alpha value is -1.80. The van der Waals surface area contributed by atoms with Crippen molar-refractivity contribution in [2.45, 2.75) is 25.4 Å². The molecule has 1 fully saturated rings. The molecule has 0 saturated carbocycles. The van der Waals surface area contributed by atoms with Gasteiger partial charge in [-0.2, -0.15) is 5.26 Å². The molecule has 0 amide bonds. The van der Waals surface area contributed by atoms with E-state index in [9.17, 15) is 0 Å². The first-order chi connectivity index (χ1) is 8.29. The molecule has 0 aliphatic carbocycles. The molecule has 0 spiro atoms. The molecule has 1 aliphatic heterocycles. The maximum absolute atomic E-state index is 8.94. The number of nitrogens with two attached hydrogens (primary N) is 1. The predicted molar refractivity (Wildman–Crippen MR) is 65.4 cm³/mol. The lowest BCUT2D eigenvalue weighted by molar-refractivity contribution is 0.0247. The van der Waals surface area contributed by atoms with Crippen LogP contribution in [0.15, 0.2) is 12.3 Å². The van der Waals surface area contributed by atoms with Gasteiger partial charge in [0, 0.05) is 25.4 Å². The van der Waals surface area contributed by atoms with Crippen molar-refractivity contribution in [1.29, 1.82) is 5.26 Å². The summed E-state index contributed by atoms with van der Waals surface area (Å²) >= 11 is 0. The molecular weight excluding hydrogens is 216 g/mol. The van der Waals surface area contributed by atoms with Gasteiger partial charge in [-0.3, -0.25) is 0 Å². The summed E-state index contributed by atoms with van der Waals surface area (Å²) in [7, 11) is 0. The van der Waals surface area contributed by atoms with Crippen LogP contribution < -0.4 is 11.1 Å². The van der Waals surface area contributed by atoms with E-state index in [0.717, 1.165) is 25.1 Å². The largest absolute Gasteiger partial charge is 0.384 e. The molecule has 1 atom stereocenters. The molecular formula is C12H16N4O. The average molecular weight is 232 g/mol. The SMILES string of the molecule is N#Cc1cnc(N)cc1NCC1CCCCO1. The van der Waals surface area contributed by atoms with Crippen molar-refractivity contribution in [2.24, 2.45) is 0 Å². The number of aromatic nitrogens is 1. The zero-order valence-electron chi connectivity index (χ0n) is 9.65. The molecule has 2 rings (SSSR count). The van der Waals surface area contributed by atoms with Crippen LogP contribution in [-0.2, 0) is 4.74 Å². The Bertz CT molecular complexity index is 421. The summed E-state index contributed by atoms with van der Waals surface area (Å²) in [6.45, 7) is 1.54. The Labute approximate surface area is 101 Å². The predicted octanol–water partition coefficient (Wildman–Crippen LogP) is 1.52. The zero-order chi connectivity index (χ0) is 12.1. The van der Waals surface area contributed by atoms with Gasteiger partial charge in [-0.1, -0.05) is 0 Å². The lowest BCUT2D eigenvalue weighted by Crippen LogP contribution is -2.27. The van der Waals surface area contributed by atoms with E-state index in [0.29, 0.717) is 17.9 Å². The molecule has 1 aromatic rings. The topological polar surface area (TPSA) is 84.0 Å². The van der Waals surface area contributed by atoms with Gasteiger partial charge in [-0.25, -0.2) is 4.98 Å². The monoisotopic (exact) mass is 232 g/mol. The standard InChI is InChI=1S/C12H16N4O/c13-6-9-7-16-12(14)5-11(9)15-8-10-3-1-2-4-17-10/h5,7,10H,1-4,8H2,(H3,14,15,16). The maximum atomic E-state index is 8.94. The van der Waals surface area contributed by atoms with E-state index < -0.39 is 0 Å². The van der Waals surface area contributed by atoms with Gasteiger partial charge in [0.1, 0.15) is 11.9 Å². The lowest BCUT2D eigenvalue weighted by Gasteiger charge is -2.23. The van der Waals surface area contributed by atoms with Crippen molar-refractivity contribution in [2.75, 3.05) is 24.2 Å². The quantitative estimate of drug-likeness (QED) is 0.825. The number of nitrogen functional groups attached to an aromatic ring is 1. The fourth-order valence-corrected chi connectivity index (χ4v) is 1.90.